The summed E-state index contributed by atoms with van der Waals surface area (Å²) in [5, 5.41) is 8.51. The van der Waals surface area contributed by atoms with Crippen LogP contribution in [0.3, 0.4) is 0 Å². The predicted octanol–water partition coefficient (Wildman–Crippen LogP) is 4.68. The second kappa shape index (κ2) is 7.86. The van der Waals surface area contributed by atoms with E-state index in [2.05, 4.69) is 28.8 Å². The highest BCUT2D eigenvalue weighted by atomic mass is 15.2. The van der Waals surface area contributed by atoms with Crippen LogP contribution >= 0.6 is 0 Å². The molecule has 0 radical (unpaired) electrons. The number of hydrogen-bond donors (Lipinski definition) is 3. The van der Waals surface area contributed by atoms with Gasteiger partial charge in [0.1, 0.15) is 5.82 Å². The standard InChI is InChI=1S/C23H33N5/c24-13-18-7-4-8-19-21(18)27-23(25-14-15-5-2-1-3-6-15)28-22(19)26-20(16-9-10-16)17-11-12-17/h4,7-8,15-17,20H,1-3,5-6,9-14,24H2,(H2,25,26,27,28). The number of hydrogen-bond acceptors (Lipinski definition) is 5. The minimum absolute atomic E-state index is 0.505. The highest BCUT2D eigenvalue weighted by Crippen LogP contribution is 2.46. The van der Waals surface area contributed by atoms with Crippen LogP contribution < -0.4 is 16.4 Å². The molecule has 0 atom stereocenters. The Balaban J connectivity index is 1.44. The number of fused-ring (bicyclic) bond motifs is 1. The monoisotopic (exact) mass is 379 g/mol. The zero-order valence-electron chi connectivity index (χ0n) is 16.8. The largest absolute Gasteiger partial charge is 0.366 e. The van der Waals surface area contributed by atoms with Crippen molar-refractivity contribution >= 4 is 22.7 Å². The molecule has 0 aliphatic heterocycles. The molecule has 5 rings (SSSR count). The molecule has 3 aliphatic carbocycles. The summed E-state index contributed by atoms with van der Waals surface area (Å²) in [6, 6.07) is 6.88. The van der Waals surface area contributed by atoms with Crippen molar-refractivity contribution in [2.45, 2.75) is 70.4 Å². The van der Waals surface area contributed by atoms with Crippen molar-refractivity contribution < 1.29 is 0 Å². The van der Waals surface area contributed by atoms with E-state index >= 15 is 0 Å². The summed E-state index contributed by atoms with van der Waals surface area (Å²) in [5.41, 5.74) is 8.12. The van der Waals surface area contributed by atoms with Gasteiger partial charge in [-0.25, -0.2) is 4.98 Å². The van der Waals surface area contributed by atoms with Gasteiger partial charge in [0.2, 0.25) is 5.95 Å². The van der Waals surface area contributed by atoms with Crippen LogP contribution in [0.4, 0.5) is 11.8 Å². The van der Waals surface area contributed by atoms with Crippen LogP contribution in [-0.2, 0) is 6.54 Å². The second-order valence-corrected chi connectivity index (χ2v) is 9.14. The van der Waals surface area contributed by atoms with Crippen LogP contribution in [0.2, 0.25) is 0 Å². The van der Waals surface area contributed by atoms with Gasteiger partial charge in [-0.2, -0.15) is 4.98 Å². The number of anilines is 2. The first-order valence-corrected chi connectivity index (χ1v) is 11.3. The summed E-state index contributed by atoms with van der Waals surface area (Å²) in [7, 11) is 0. The van der Waals surface area contributed by atoms with Crippen molar-refractivity contribution in [3.05, 3.63) is 23.8 Å². The third kappa shape index (κ3) is 3.95. The minimum Gasteiger partial charge on any atom is -0.366 e. The Kier molecular flexibility index (Phi) is 5.10. The molecule has 0 saturated heterocycles. The molecule has 3 fully saturated rings. The maximum Gasteiger partial charge on any atom is 0.225 e. The van der Waals surface area contributed by atoms with Gasteiger partial charge in [-0.1, -0.05) is 31.4 Å². The van der Waals surface area contributed by atoms with E-state index in [-0.39, 0.29) is 0 Å². The van der Waals surface area contributed by atoms with Crippen molar-refractivity contribution in [2.24, 2.45) is 23.5 Å². The molecule has 0 amide bonds. The smallest absolute Gasteiger partial charge is 0.225 e. The molecule has 5 nitrogen and oxygen atoms in total. The molecular formula is C23H33N5. The molecule has 28 heavy (non-hydrogen) atoms. The fourth-order valence-electron chi connectivity index (χ4n) is 4.88. The SMILES string of the molecule is NCc1cccc2c(NC(C3CC3)C3CC3)nc(NCC3CCCCC3)nc12. The van der Waals surface area contributed by atoms with Gasteiger partial charge < -0.3 is 16.4 Å². The Hall–Kier alpha value is -1.88. The van der Waals surface area contributed by atoms with Gasteiger partial charge in [-0.15, -0.1) is 0 Å². The first-order valence-electron chi connectivity index (χ1n) is 11.3. The van der Waals surface area contributed by atoms with E-state index < -0.39 is 0 Å². The Bertz CT molecular complexity index is 809. The summed E-state index contributed by atoms with van der Waals surface area (Å²) < 4.78 is 0. The summed E-state index contributed by atoms with van der Waals surface area (Å²) >= 11 is 0. The molecule has 2 aromatic rings. The van der Waals surface area contributed by atoms with Crippen molar-refractivity contribution in [3.63, 3.8) is 0 Å². The molecule has 0 unspecified atom stereocenters. The molecule has 150 valence electrons. The summed E-state index contributed by atoms with van der Waals surface area (Å²) in [6.07, 6.45) is 12.2. The molecule has 3 saturated carbocycles. The quantitative estimate of drug-likeness (QED) is 0.621. The average Bonchev–Trinajstić information content (AvgIpc) is 3.64. The third-order valence-electron chi connectivity index (χ3n) is 6.87. The number of aromatic nitrogens is 2. The van der Waals surface area contributed by atoms with Crippen LogP contribution in [0.1, 0.15) is 63.4 Å². The van der Waals surface area contributed by atoms with Crippen molar-refractivity contribution in [3.8, 4) is 0 Å². The number of nitrogens with two attached hydrogens (primary N) is 1. The Labute approximate surface area is 167 Å². The fourth-order valence-corrected chi connectivity index (χ4v) is 4.88. The fraction of sp³-hybridized carbons (Fsp3) is 0.652. The molecule has 1 aromatic carbocycles. The topological polar surface area (TPSA) is 75.9 Å². The van der Waals surface area contributed by atoms with Gasteiger partial charge in [-0.05, 0) is 67.9 Å². The molecule has 4 N–H and O–H groups in total. The third-order valence-corrected chi connectivity index (χ3v) is 6.87. The van der Waals surface area contributed by atoms with Crippen LogP contribution in [0.25, 0.3) is 10.9 Å². The zero-order valence-corrected chi connectivity index (χ0v) is 16.8. The van der Waals surface area contributed by atoms with Crippen molar-refractivity contribution in [1.82, 2.24) is 9.97 Å². The number of nitrogens with zero attached hydrogens (tertiary/aromatic N) is 2. The molecule has 3 aliphatic rings. The van der Waals surface area contributed by atoms with Gasteiger partial charge >= 0.3 is 0 Å². The first-order chi connectivity index (χ1) is 13.8. The Morgan fingerprint density at radius 1 is 0.964 bits per heavy atom. The molecule has 5 heteroatoms. The van der Waals surface area contributed by atoms with Crippen molar-refractivity contribution in [2.75, 3.05) is 17.2 Å². The number of nitrogens with one attached hydrogen (secondary N) is 2. The molecule has 0 spiro atoms. The lowest BCUT2D eigenvalue weighted by Gasteiger charge is -2.23. The molecular weight excluding hydrogens is 346 g/mol. The highest BCUT2D eigenvalue weighted by molar-refractivity contribution is 5.92. The highest BCUT2D eigenvalue weighted by Gasteiger charge is 2.41. The Morgan fingerprint density at radius 2 is 1.71 bits per heavy atom. The van der Waals surface area contributed by atoms with Gasteiger partial charge in [0, 0.05) is 24.5 Å². The van der Waals surface area contributed by atoms with E-state index in [4.69, 9.17) is 15.7 Å². The number of benzene rings is 1. The van der Waals surface area contributed by atoms with Crippen LogP contribution in [0, 0.1) is 17.8 Å². The molecule has 1 heterocycles. The predicted molar refractivity (Wildman–Crippen MR) is 115 cm³/mol. The molecule has 0 bridgehead atoms. The van der Waals surface area contributed by atoms with E-state index in [1.807, 2.05) is 0 Å². The normalized spacial score (nSPS) is 20.6. The summed E-state index contributed by atoms with van der Waals surface area (Å²) in [5.74, 6) is 4.16. The zero-order chi connectivity index (χ0) is 18.9. The Morgan fingerprint density at radius 3 is 2.39 bits per heavy atom. The minimum atomic E-state index is 0.505. The van der Waals surface area contributed by atoms with Gasteiger partial charge in [0.25, 0.3) is 0 Å². The second-order valence-electron chi connectivity index (χ2n) is 9.14. The van der Waals surface area contributed by atoms with E-state index in [9.17, 15) is 0 Å². The van der Waals surface area contributed by atoms with Crippen LogP contribution in [0.15, 0.2) is 18.2 Å². The average molecular weight is 380 g/mol. The van der Waals surface area contributed by atoms with Crippen LogP contribution in [0.5, 0.6) is 0 Å². The van der Waals surface area contributed by atoms with E-state index in [1.165, 1.54) is 57.8 Å². The summed E-state index contributed by atoms with van der Waals surface area (Å²) in [6.45, 7) is 1.48. The van der Waals surface area contributed by atoms with Gasteiger partial charge in [-0.3, -0.25) is 0 Å². The van der Waals surface area contributed by atoms with E-state index in [1.54, 1.807) is 0 Å². The lowest BCUT2D eigenvalue weighted by atomic mass is 9.89. The maximum atomic E-state index is 6.02. The van der Waals surface area contributed by atoms with Crippen molar-refractivity contribution in [1.29, 1.82) is 0 Å². The maximum absolute atomic E-state index is 6.02. The van der Waals surface area contributed by atoms with E-state index in [0.29, 0.717) is 12.6 Å². The lowest BCUT2D eigenvalue weighted by Crippen LogP contribution is -2.25. The van der Waals surface area contributed by atoms with E-state index in [0.717, 1.165) is 52.5 Å². The van der Waals surface area contributed by atoms with Crippen LogP contribution in [-0.4, -0.2) is 22.6 Å². The number of para-hydroxylation sites is 1. The lowest BCUT2D eigenvalue weighted by molar-refractivity contribution is 0.373. The first kappa shape index (κ1) is 18.2. The number of rotatable bonds is 8. The van der Waals surface area contributed by atoms with Gasteiger partial charge in [0.05, 0.1) is 5.52 Å². The summed E-state index contributed by atoms with van der Waals surface area (Å²) in [4.78, 5) is 9.82. The van der Waals surface area contributed by atoms with Gasteiger partial charge in [0.15, 0.2) is 0 Å². The molecule has 1 aromatic heterocycles.